The lowest BCUT2D eigenvalue weighted by atomic mass is 9.93. The van der Waals surface area contributed by atoms with Crippen molar-refractivity contribution in [1.29, 1.82) is 0 Å². The summed E-state index contributed by atoms with van der Waals surface area (Å²) >= 11 is 5.80. The van der Waals surface area contributed by atoms with Crippen LogP contribution in [0.2, 0.25) is 5.02 Å². The van der Waals surface area contributed by atoms with Gasteiger partial charge in [0.15, 0.2) is 11.9 Å². The Hall–Kier alpha value is -2.94. The molecule has 10 heteroatoms. The second-order valence-electron chi connectivity index (χ2n) is 6.40. The molecule has 0 spiro atoms. The quantitative estimate of drug-likeness (QED) is 0.551. The molecule has 0 aliphatic carbocycles. The van der Waals surface area contributed by atoms with Crippen LogP contribution in [0.25, 0.3) is 0 Å². The Balaban J connectivity index is 2.07. The number of nitrogens with zero attached hydrogens (tertiary/aromatic N) is 1. The first-order valence-electron chi connectivity index (χ1n) is 8.62. The van der Waals surface area contributed by atoms with Gasteiger partial charge in [0.05, 0.1) is 5.56 Å². The minimum atomic E-state index is -4.58. The number of Topliss-reactive ketones (excluding diaryl/α,β-unsaturated/α-hetero) is 3. The lowest BCUT2D eigenvalue weighted by Crippen LogP contribution is -2.37. The number of aromatic nitrogens is 1. The van der Waals surface area contributed by atoms with Gasteiger partial charge in [-0.2, -0.15) is 13.2 Å². The first kappa shape index (κ1) is 23.3. The van der Waals surface area contributed by atoms with Gasteiger partial charge in [-0.1, -0.05) is 11.6 Å². The number of hydrogen-bond donors (Lipinski definition) is 0. The fraction of sp³-hybridized carbons (Fsp3) is 0.300. The van der Waals surface area contributed by atoms with Crippen molar-refractivity contribution in [3.63, 3.8) is 0 Å². The number of benzene rings is 1. The number of carbonyl (C=O) groups is 3. The number of halogens is 4. The van der Waals surface area contributed by atoms with Crippen molar-refractivity contribution in [2.24, 2.45) is 5.92 Å². The van der Waals surface area contributed by atoms with E-state index in [0.29, 0.717) is 12.3 Å². The summed E-state index contributed by atoms with van der Waals surface area (Å²) in [7, 11) is 0. The molecule has 0 saturated carbocycles. The maximum absolute atomic E-state index is 12.7. The minimum absolute atomic E-state index is 0.209. The van der Waals surface area contributed by atoms with Crippen LogP contribution in [0, 0.1) is 5.92 Å². The molecule has 2 aromatic rings. The number of hydrogen-bond acceptors (Lipinski definition) is 6. The molecule has 1 heterocycles. The summed E-state index contributed by atoms with van der Waals surface area (Å²) in [6, 6.07) is 6.43. The first-order valence-corrected chi connectivity index (χ1v) is 9.00. The zero-order valence-electron chi connectivity index (χ0n) is 16.1. The highest BCUT2D eigenvalue weighted by Crippen LogP contribution is 2.34. The van der Waals surface area contributed by atoms with E-state index in [9.17, 15) is 27.6 Å². The van der Waals surface area contributed by atoms with Gasteiger partial charge in [0.1, 0.15) is 34.0 Å². The summed E-state index contributed by atoms with van der Waals surface area (Å²) < 4.78 is 48.8. The predicted octanol–water partition coefficient (Wildman–Crippen LogP) is 4.68. The molecule has 30 heavy (non-hydrogen) atoms. The monoisotopic (exact) mass is 443 g/mol. The number of pyridine rings is 1. The maximum atomic E-state index is 12.7. The molecule has 0 bridgehead atoms. The lowest BCUT2D eigenvalue weighted by molar-refractivity contribution is -0.141. The van der Waals surface area contributed by atoms with E-state index in [1.165, 1.54) is 31.2 Å². The van der Waals surface area contributed by atoms with E-state index in [0.717, 1.165) is 13.8 Å². The van der Waals surface area contributed by atoms with Crippen LogP contribution in [0.1, 0.15) is 26.3 Å². The van der Waals surface area contributed by atoms with E-state index >= 15 is 0 Å². The molecule has 0 fully saturated rings. The largest absolute Gasteiger partial charge is 0.483 e. The molecule has 0 radical (unpaired) electrons. The van der Waals surface area contributed by atoms with E-state index < -0.39 is 41.1 Å². The molecule has 1 aromatic carbocycles. The van der Waals surface area contributed by atoms with Crippen molar-refractivity contribution >= 4 is 29.0 Å². The molecule has 0 aliphatic heterocycles. The van der Waals surface area contributed by atoms with E-state index in [1.54, 1.807) is 0 Å². The molecule has 0 saturated heterocycles. The molecule has 2 rings (SSSR count). The normalized spacial score (nSPS) is 12.4. The molecule has 0 N–H and O–H groups in total. The van der Waals surface area contributed by atoms with Crippen molar-refractivity contribution < 1.29 is 37.0 Å². The van der Waals surface area contributed by atoms with Crippen LogP contribution in [-0.2, 0) is 20.6 Å². The fourth-order valence-corrected chi connectivity index (χ4v) is 2.74. The van der Waals surface area contributed by atoms with Crippen LogP contribution in [0.4, 0.5) is 13.2 Å². The minimum Gasteiger partial charge on any atom is -0.483 e. The van der Waals surface area contributed by atoms with Crippen LogP contribution in [0.5, 0.6) is 17.4 Å². The van der Waals surface area contributed by atoms with E-state index in [4.69, 9.17) is 21.1 Å². The molecular formula is C20H17ClF3NO5. The van der Waals surface area contributed by atoms with Gasteiger partial charge in [-0.05, 0) is 51.1 Å². The van der Waals surface area contributed by atoms with Crippen LogP contribution < -0.4 is 9.47 Å². The Morgan fingerprint density at radius 1 is 1.03 bits per heavy atom. The summed E-state index contributed by atoms with van der Waals surface area (Å²) in [5.74, 6) is -2.92. The second kappa shape index (κ2) is 9.25. The predicted molar refractivity (Wildman–Crippen MR) is 101 cm³/mol. The number of ether oxygens (including phenoxy) is 2. The van der Waals surface area contributed by atoms with Crippen molar-refractivity contribution in [2.75, 3.05) is 0 Å². The Morgan fingerprint density at radius 3 is 2.03 bits per heavy atom. The van der Waals surface area contributed by atoms with Gasteiger partial charge in [0.25, 0.3) is 0 Å². The number of rotatable bonds is 8. The molecule has 0 aliphatic rings. The van der Waals surface area contributed by atoms with Crippen LogP contribution in [0.15, 0.2) is 36.5 Å². The molecule has 6 nitrogen and oxygen atoms in total. The Bertz CT molecular complexity index is 946. The van der Waals surface area contributed by atoms with E-state index in [-0.39, 0.29) is 22.4 Å². The summed E-state index contributed by atoms with van der Waals surface area (Å²) in [5, 5.41) is -0.316. The van der Waals surface area contributed by atoms with E-state index in [2.05, 4.69) is 4.98 Å². The number of carbonyl (C=O) groups excluding carboxylic acids is 3. The first-order chi connectivity index (χ1) is 13.9. The van der Waals surface area contributed by atoms with Crippen molar-refractivity contribution in [1.82, 2.24) is 4.98 Å². The van der Waals surface area contributed by atoms with Gasteiger partial charge < -0.3 is 9.47 Å². The van der Waals surface area contributed by atoms with Gasteiger partial charge in [-0.3, -0.25) is 14.4 Å². The van der Waals surface area contributed by atoms with Crippen molar-refractivity contribution in [3.05, 3.63) is 47.1 Å². The van der Waals surface area contributed by atoms with Crippen LogP contribution in [-0.4, -0.2) is 28.4 Å². The third-order valence-electron chi connectivity index (χ3n) is 3.98. The van der Waals surface area contributed by atoms with Gasteiger partial charge in [-0.15, -0.1) is 0 Å². The van der Waals surface area contributed by atoms with Gasteiger partial charge in [0.2, 0.25) is 5.88 Å². The van der Waals surface area contributed by atoms with Crippen molar-refractivity contribution in [3.8, 4) is 17.4 Å². The zero-order valence-corrected chi connectivity index (χ0v) is 16.9. The SMILES string of the molecule is CC(=O)C(C(C)=O)C(=O)C(C)Oc1ccc(Oc2ncc(C(F)(F)F)cc2Cl)cc1. The average Bonchev–Trinajstić information content (AvgIpc) is 2.63. The smallest absolute Gasteiger partial charge is 0.417 e. The average molecular weight is 444 g/mol. The van der Waals surface area contributed by atoms with Crippen LogP contribution >= 0.6 is 11.6 Å². The summed E-state index contributed by atoms with van der Waals surface area (Å²) in [4.78, 5) is 38.9. The molecule has 1 unspecified atom stereocenters. The Morgan fingerprint density at radius 2 is 1.57 bits per heavy atom. The van der Waals surface area contributed by atoms with E-state index in [1.807, 2.05) is 0 Å². The molecular weight excluding hydrogens is 427 g/mol. The van der Waals surface area contributed by atoms with Crippen molar-refractivity contribution in [2.45, 2.75) is 33.1 Å². The highest BCUT2D eigenvalue weighted by Gasteiger charge is 2.33. The Labute approximate surface area is 175 Å². The highest BCUT2D eigenvalue weighted by molar-refractivity contribution is 6.31. The fourth-order valence-electron chi connectivity index (χ4n) is 2.54. The summed E-state index contributed by atoms with van der Waals surface area (Å²) in [6.45, 7) is 3.73. The Kier molecular flexibility index (Phi) is 7.20. The third kappa shape index (κ3) is 5.79. The molecule has 160 valence electrons. The second-order valence-corrected chi connectivity index (χ2v) is 6.81. The van der Waals surface area contributed by atoms with Crippen LogP contribution in [0.3, 0.4) is 0 Å². The molecule has 0 amide bonds. The molecule has 1 aromatic heterocycles. The topological polar surface area (TPSA) is 82.6 Å². The summed E-state index contributed by atoms with van der Waals surface area (Å²) in [6.07, 6.45) is -5.03. The molecule has 1 atom stereocenters. The third-order valence-corrected chi connectivity index (χ3v) is 4.25. The lowest BCUT2D eigenvalue weighted by Gasteiger charge is -2.17. The maximum Gasteiger partial charge on any atom is 0.417 e. The summed E-state index contributed by atoms with van der Waals surface area (Å²) in [5.41, 5.74) is -1.00. The van der Waals surface area contributed by atoms with Gasteiger partial charge in [-0.25, -0.2) is 4.98 Å². The number of ketones is 3. The number of alkyl halides is 3. The van der Waals surface area contributed by atoms with Gasteiger partial charge >= 0.3 is 6.18 Å². The van der Waals surface area contributed by atoms with Gasteiger partial charge in [0, 0.05) is 6.20 Å². The standard InChI is InChI=1S/C20H17ClF3NO5/c1-10(26)17(11(2)27)18(28)12(3)29-14-4-6-15(7-5-14)30-19-16(21)8-13(9-25-19)20(22,23)24/h4-9,12,17H,1-3H3. The highest BCUT2D eigenvalue weighted by atomic mass is 35.5. The zero-order chi connectivity index (χ0) is 22.6.